The van der Waals surface area contributed by atoms with E-state index in [4.69, 9.17) is 0 Å². The normalized spacial score (nSPS) is 22.4. The third-order valence-electron chi connectivity index (χ3n) is 4.76. The molecule has 1 aliphatic heterocycles. The molecule has 0 radical (unpaired) electrons. The fourth-order valence-corrected chi connectivity index (χ4v) is 3.73. The van der Waals surface area contributed by atoms with Gasteiger partial charge in [-0.1, -0.05) is 38.1 Å². The zero-order valence-electron chi connectivity index (χ0n) is 13.6. The van der Waals surface area contributed by atoms with E-state index in [9.17, 15) is 4.79 Å². The topological polar surface area (TPSA) is 59.8 Å². The molecule has 1 aromatic carbocycles. The minimum atomic E-state index is -0.187. The summed E-state index contributed by atoms with van der Waals surface area (Å²) in [7, 11) is 0. The maximum atomic E-state index is 12.9. The average Bonchev–Trinajstić information content (AvgIpc) is 2.92. The number of hydrogen-bond donors (Lipinski definition) is 1. The monoisotopic (exact) mass is 308 g/mol. The molecular weight excluding hydrogens is 288 g/mol. The van der Waals surface area contributed by atoms with Gasteiger partial charge in [-0.15, -0.1) is 0 Å². The van der Waals surface area contributed by atoms with Gasteiger partial charge in [0.15, 0.2) is 5.78 Å². The van der Waals surface area contributed by atoms with Crippen molar-refractivity contribution in [1.29, 1.82) is 0 Å². The quantitative estimate of drug-likeness (QED) is 0.878. The lowest BCUT2D eigenvalue weighted by Gasteiger charge is -2.38. The molecule has 5 heteroatoms. The summed E-state index contributed by atoms with van der Waals surface area (Å²) in [6.45, 7) is 6.35. The Labute approximate surface area is 135 Å². The molecule has 4 rings (SSSR count). The molecule has 0 amide bonds. The Morgan fingerprint density at radius 3 is 2.83 bits per heavy atom. The van der Waals surface area contributed by atoms with Crippen LogP contribution in [-0.4, -0.2) is 20.5 Å². The van der Waals surface area contributed by atoms with Crippen LogP contribution in [0.2, 0.25) is 0 Å². The van der Waals surface area contributed by atoms with E-state index < -0.39 is 0 Å². The molecule has 1 atom stereocenters. The number of rotatable bonds is 1. The van der Waals surface area contributed by atoms with E-state index >= 15 is 0 Å². The molecule has 118 valence electrons. The molecule has 1 aliphatic carbocycles. The first-order valence-electron chi connectivity index (χ1n) is 7.94. The van der Waals surface area contributed by atoms with E-state index in [-0.39, 0.29) is 17.2 Å². The van der Waals surface area contributed by atoms with Crippen LogP contribution in [-0.2, 0) is 4.79 Å². The zero-order valence-corrected chi connectivity index (χ0v) is 13.6. The number of benzene rings is 1. The van der Waals surface area contributed by atoms with Crippen molar-refractivity contribution in [1.82, 2.24) is 14.8 Å². The van der Waals surface area contributed by atoms with Gasteiger partial charge in [0.05, 0.1) is 0 Å². The second-order valence-electron chi connectivity index (χ2n) is 7.25. The Morgan fingerprint density at radius 1 is 1.26 bits per heavy atom. The number of anilines is 1. The van der Waals surface area contributed by atoms with Crippen LogP contribution in [0.1, 0.15) is 43.9 Å². The van der Waals surface area contributed by atoms with Crippen molar-refractivity contribution >= 4 is 11.7 Å². The van der Waals surface area contributed by atoms with Gasteiger partial charge in [-0.2, -0.15) is 10.1 Å². The van der Waals surface area contributed by atoms with Crippen LogP contribution in [0.15, 0.2) is 41.9 Å². The summed E-state index contributed by atoms with van der Waals surface area (Å²) in [5.41, 5.74) is 4.09. The second kappa shape index (κ2) is 4.78. The third-order valence-corrected chi connectivity index (χ3v) is 4.76. The van der Waals surface area contributed by atoms with E-state index in [1.807, 2.05) is 16.8 Å². The molecule has 2 aliphatic rings. The van der Waals surface area contributed by atoms with Gasteiger partial charge in [0.1, 0.15) is 12.4 Å². The number of allylic oxidation sites excluding steroid dienone is 2. The van der Waals surface area contributed by atoms with E-state index in [0.29, 0.717) is 12.4 Å². The van der Waals surface area contributed by atoms with E-state index in [1.54, 1.807) is 6.33 Å². The number of carbonyl (C=O) groups is 1. The van der Waals surface area contributed by atoms with Crippen molar-refractivity contribution in [3.8, 4) is 0 Å². The van der Waals surface area contributed by atoms with Gasteiger partial charge in [-0.25, -0.2) is 4.68 Å². The molecule has 0 saturated carbocycles. The number of nitrogens with zero attached hydrogens (tertiary/aromatic N) is 3. The highest BCUT2D eigenvalue weighted by Gasteiger charge is 2.41. The number of fused-ring (bicyclic) bond motifs is 1. The second-order valence-corrected chi connectivity index (χ2v) is 7.25. The first-order chi connectivity index (χ1) is 11.0. The Kier molecular flexibility index (Phi) is 2.95. The molecular formula is C18H20N4O. The molecule has 2 aromatic rings. The van der Waals surface area contributed by atoms with Crippen molar-refractivity contribution in [3.63, 3.8) is 0 Å². The number of carbonyl (C=O) groups excluding carboxylic acids is 1. The van der Waals surface area contributed by atoms with Gasteiger partial charge in [0.2, 0.25) is 5.95 Å². The summed E-state index contributed by atoms with van der Waals surface area (Å²) in [6, 6.07) is 8.00. The van der Waals surface area contributed by atoms with E-state index in [1.165, 1.54) is 0 Å². The minimum Gasteiger partial charge on any atom is -0.328 e. The average molecular weight is 308 g/mol. The number of Topliss-reactive ketones (excluding diaryl/α,β-unsaturated/α-hetero) is 1. The predicted molar refractivity (Wildman–Crippen MR) is 88.0 cm³/mol. The standard InChI is InChI=1S/C18H20N4O/c1-11-6-4-5-7-12(11)16-15-13(8-18(2,3)9-14(15)23)21-17-19-10-20-22(16)17/h4-7,10,16H,8-9H2,1-3H3,(H,19,20,21)/t16-/m0/s1. The first kappa shape index (κ1) is 14.2. The Hall–Kier alpha value is -2.43. The van der Waals surface area contributed by atoms with Gasteiger partial charge in [-0.05, 0) is 29.9 Å². The number of ketones is 1. The van der Waals surface area contributed by atoms with Crippen LogP contribution >= 0.6 is 0 Å². The summed E-state index contributed by atoms with van der Waals surface area (Å²) < 4.78 is 1.83. The van der Waals surface area contributed by atoms with Crippen LogP contribution in [0, 0.1) is 12.3 Å². The molecule has 0 unspecified atom stereocenters. The number of hydrogen-bond acceptors (Lipinski definition) is 4. The molecule has 1 N–H and O–H groups in total. The molecule has 2 heterocycles. The summed E-state index contributed by atoms with van der Waals surface area (Å²) >= 11 is 0. The number of aromatic nitrogens is 3. The summed E-state index contributed by atoms with van der Waals surface area (Å²) in [4.78, 5) is 17.2. The third kappa shape index (κ3) is 2.19. The molecule has 0 saturated heterocycles. The number of aryl methyl sites for hydroxylation is 1. The van der Waals surface area contributed by atoms with Crippen LogP contribution in [0.25, 0.3) is 0 Å². The minimum absolute atomic E-state index is 0.0264. The van der Waals surface area contributed by atoms with Crippen molar-refractivity contribution < 1.29 is 4.79 Å². The maximum Gasteiger partial charge on any atom is 0.226 e. The largest absolute Gasteiger partial charge is 0.328 e. The fourth-order valence-electron chi connectivity index (χ4n) is 3.73. The lowest BCUT2D eigenvalue weighted by Crippen LogP contribution is -2.36. The van der Waals surface area contributed by atoms with Crippen LogP contribution in [0.5, 0.6) is 0 Å². The lowest BCUT2D eigenvalue weighted by molar-refractivity contribution is -0.118. The highest BCUT2D eigenvalue weighted by Crippen LogP contribution is 2.45. The molecule has 0 fully saturated rings. The molecule has 5 nitrogen and oxygen atoms in total. The van der Waals surface area contributed by atoms with Crippen LogP contribution in [0.4, 0.5) is 5.95 Å². The number of nitrogens with one attached hydrogen (secondary N) is 1. The maximum absolute atomic E-state index is 12.9. The summed E-state index contributed by atoms with van der Waals surface area (Å²) in [5.74, 6) is 0.917. The lowest BCUT2D eigenvalue weighted by atomic mass is 9.73. The predicted octanol–water partition coefficient (Wildman–Crippen LogP) is 3.24. The van der Waals surface area contributed by atoms with Crippen molar-refractivity contribution in [2.24, 2.45) is 5.41 Å². The van der Waals surface area contributed by atoms with Crippen molar-refractivity contribution in [2.45, 2.75) is 39.7 Å². The van der Waals surface area contributed by atoms with Gasteiger partial charge in [0.25, 0.3) is 0 Å². The zero-order chi connectivity index (χ0) is 16.2. The van der Waals surface area contributed by atoms with Crippen LogP contribution in [0.3, 0.4) is 0 Å². The van der Waals surface area contributed by atoms with Gasteiger partial charge >= 0.3 is 0 Å². The molecule has 23 heavy (non-hydrogen) atoms. The smallest absolute Gasteiger partial charge is 0.226 e. The Balaban J connectivity index is 1.94. The van der Waals surface area contributed by atoms with Crippen molar-refractivity contribution in [2.75, 3.05) is 5.32 Å². The van der Waals surface area contributed by atoms with Crippen LogP contribution < -0.4 is 5.32 Å². The summed E-state index contributed by atoms with van der Waals surface area (Å²) in [6.07, 6.45) is 2.96. The Bertz CT molecular complexity index is 831. The Morgan fingerprint density at radius 2 is 2.04 bits per heavy atom. The molecule has 0 bridgehead atoms. The molecule has 1 aromatic heterocycles. The van der Waals surface area contributed by atoms with Gasteiger partial charge < -0.3 is 5.32 Å². The van der Waals surface area contributed by atoms with Crippen molar-refractivity contribution in [3.05, 3.63) is 53.0 Å². The van der Waals surface area contributed by atoms with E-state index in [0.717, 1.165) is 28.8 Å². The highest BCUT2D eigenvalue weighted by atomic mass is 16.1. The molecule has 0 spiro atoms. The summed E-state index contributed by atoms with van der Waals surface area (Å²) in [5, 5.41) is 7.71. The van der Waals surface area contributed by atoms with Gasteiger partial charge in [-0.3, -0.25) is 4.79 Å². The fraction of sp³-hybridized carbons (Fsp3) is 0.389. The SMILES string of the molecule is Cc1ccccc1[C@H]1C2=C(CC(C)(C)CC2=O)Nc2ncnn21. The first-order valence-corrected chi connectivity index (χ1v) is 7.94. The van der Waals surface area contributed by atoms with Gasteiger partial charge in [0, 0.05) is 17.7 Å². The van der Waals surface area contributed by atoms with E-state index in [2.05, 4.69) is 48.3 Å². The highest BCUT2D eigenvalue weighted by molar-refractivity contribution is 6.00.